The molecule has 0 spiro atoms. The van der Waals surface area contributed by atoms with Crippen molar-refractivity contribution >= 4 is 23.2 Å². The molecule has 2 rings (SSSR count). The van der Waals surface area contributed by atoms with Gasteiger partial charge in [-0.25, -0.2) is 0 Å². The number of carbonyl (C=O) groups is 1. The van der Waals surface area contributed by atoms with Gasteiger partial charge < -0.3 is 10.1 Å². The first-order valence-electron chi connectivity index (χ1n) is 4.70. The van der Waals surface area contributed by atoms with Crippen LogP contribution < -0.4 is 5.32 Å². The van der Waals surface area contributed by atoms with E-state index in [-0.39, 0.29) is 17.9 Å². The Morgan fingerprint density at radius 3 is 3.15 bits per heavy atom. The van der Waals surface area contributed by atoms with Crippen molar-refractivity contribution in [3.63, 3.8) is 0 Å². The summed E-state index contributed by atoms with van der Waals surface area (Å²) in [6.07, 6.45) is 1.96. The van der Waals surface area contributed by atoms with Crippen molar-refractivity contribution in [3.05, 3.63) is 0 Å². The zero-order valence-electron chi connectivity index (χ0n) is 7.58. The van der Waals surface area contributed by atoms with Gasteiger partial charge in [-0.1, -0.05) is 12.2 Å². The lowest BCUT2D eigenvalue weighted by atomic mass is 10.1. The molecule has 0 amide bonds. The first-order chi connectivity index (χ1) is 6.24. The summed E-state index contributed by atoms with van der Waals surface area (Å²) in [5, 5.41) is 3.17. The third-order valence-corrected chi connectivity index (χ3v) is 3.08. The fourth-order valence-electron chi connectivity index (χ4n) is 2.05. The number of nitrogens with one attached hydrogen (secondary N) is 1. The van der Waals surface area contributed by atoms with Gasteiger partial charge in [-0.2, -0.15) is 0 Å². The molecule has 2 fully saturated rings. The van der Waals surface area contributed by atoms with Crippen molar-refractivity contribution in [2.45, 2.75) is 25.8 Å². The van der Waals surface area contributed by atoms with Crippen LogP contribution in [0.25, 0.3) is 0 Å². The number of piperidine rings is 1. The van der Waals surface area contributed by atoms with E-state index in [1.54, 1.807) is 0 Å². The molecule has 0 unspecified atom stereocenters. The highest BCUT2D eigenvalue weighted by Crippen LogP contribution is 2.45. The molecule has 0 bridgehead atoms. The Bertz CT molecular complexity index is 254. The quantitative estimate of drug-likeness (QED) is 0.529. The number of hydrogen-bond donors (Lipinski definition) is 1. The van der Waals surface area contributed by atoms with Crippen LogP contribution in [0.2, 0.25) is 0 Å². The zero-order valence-corrected chi connectivity index (χ0v) is 8.39. The van der Waals surface area contributed by atoms with E-state index in [0.717, 1.165) is 17.8 Å². The number of thiocarbonyl (C=S) groups is 1. The lowest BCUT2D eigenvalue weighted by Crippen LogP contribution is -2.30. The van der Waals surface area contributed by atoms with Crippen molar-refractivity contribution in [2.24, 2.45) is 11.8 Å². The second kappa shape index (κ2) is 3.25. The van der Waals surface area contributed by atoms with Gasteiger partial charge in [0.15, 0.2) is 0 Å². The summed E-state index contributed by atoms with van der Waals surface area (Å²) in [6, 6.07) is 0.278. The van der Waals surface area contributed by atoms with Gasteiger partial charge in [-0.15, -0.1) is 0 Å². The van der Waals surface area contributed by atoms with Crippen molar-refractivity contribution < 1.29 is 9.53 Å². The summed E-state index contributed by atoms with van der Waals surface area (Å²) in [5.41, 5.74) is 0. The molecule has 2 aliphatic rings. The van der Waals surface area contributed by atoms with Crippen molar-refractivity contribution in [1.82, 2.24) is 5.32 Å². The molecule has 1 N–H and O–H groups in total. The normalized spacial score (nSPS) is 36.1. The maximum atomic E-state index is 11.4. The Balaban J connectivity index is 1.92. The highest BCUT2D eigenvalue weighted by atomic mass is 32.1. The van der Waals surface area contributed by atoms with Gasteiger partial charge in [0, 0.05) is 6.04 Å². The van der Waals surface area contributed by atoms with Crippen LogP contribution in [0, 0.1) is 11.8 Å². The predicted octanol–water partition coefficient (Wildman–Crippen LogP) is 0.875. The molecule has 4 heteroatoms. The molecule has 1 aliphatic carbocycles. The van der Waals surface area contributed by atoms with Gasteiger partial charge in [0.2, 0.25) is 0 Å². The van der Waals surface area contributed by atoms with E-state index >= 15 is 0 Å². The van der Waals surface area contributed by atoms with Crippen molar-refractivity contribution in [3.8, 4) is 0 Å². The van der Waals surface area contributed by atoms with E-state index in [4.69, 9.17) is 17.0 Å². The van der Waals surface area contributed by atoms with E-state index in [1.807, 2.05) is 6.92 Å². The molecule has 0 aromatic heterocycles. The van der Waals surface area contributed by atoms with Crippen molar-refractivity contribution in [1.29, 1.82) is 0 Å². The molecule has 1 aliphatic heterocycles. The summed E-state index contributed by atoms with van der Waals surface area (Å²) >= 11 is 5.05. The van der Waals surface area contributed by atoms with Gasteiger partial charge in [-0.05, 0) is 25.7 Å². The average molecular weight is 199 g/mol. The predicted molar refractivity (Wildman–Crippen MR) is 52.4 cm³/mol. The maximum Gasteiger partial charge on any atom is 0.311 e. The smallest absolute Gasteiger partial charge is 0.311 e. The minimum atomic E-state index is -0.0605. The van der Waals surface area contributed by atoms with Gasteiger partial charge in [0.25, 0.3) is 0 Å². The summed E-state index contributed by atoms with van der Waals surface area (Å²) in [5.74, 6) is 0.487. The van der Waals surface area contributed by atoms with E-state index < -0.39 is 0 Å². The van der Waals surface area contributed by atoms with Crippen LogP contribution in [0.5, 0.6) is 0 Å². The number of carbonyl (C=O) groups excluding carboxylic acids is 1. The van der Waals surface area contributed by atoms with Crippen LogP contribution in [0.1, 0.15) is 19.8 Å². The second-order valence-electron chi connectivity index (χ2n) is 3.57. The Morgan fingerprint density at radius 2 is 2.54 bits per heavy atom. The summed E-state index contributed by atoms with van der Waals surface area (Å²) in [4.78, 5) is 12.3. The Hall–Kier alpha value is -0.640. The van der Waals surface area contributed by atoms with Crippen molar-refractivity contribution in [2.75, 3.05) is 6.61 Å². The molecular formula is C9H13NO2S. The van der Waals surface area contributed by atoms with Crippen LogP contribution >= 0.6 is 12.2 Å². The second-order valence-corrected chi connectivity index (χ2v) is 4.07. The van der Waals surface area contributed by atoms with Gasteiger partial charge in [-0.3, -0.25) is 4.79 Å². The number of hydrogen-bond acceptors (Lipinski definition) is 3. The first-order valence-corrected chi connectivity index (χ1v) is 5.11. The maximum absolute atomic E-state index is 11.4. The molecule has 1 saturated heterocycles. The molecule has 0 aromatic carbocycles. The minimum Gasteiger partial charge on any atom is -0.466 e. The Labute approximate surface area is 82.8 Å². The summed E-state index contributed by atoms with van der Waals surface area (Å²) in [7, 11) is 0. The fourth-order valence-corrected chi connectivity index (χ4v) is 2.30. The molecule has 72 valence electrons. The Morgan fingerprint density at radius 1 is 1.77 bits per heavy atom. The largest absolute Gasteiger partial charge is 0.466 e. The molecule has 3 nitrogen and oxygen atoms in total. The summed E-state index contributed by atoms with van der Waals surface area (Å²) in [6.45, 7) is 2.31. The van der Waals surface area contributed by atoms with E-state index in [1.165, 1.54) is 0 Å². The number of fused-ring (bicyclic) bond motifs is 1. The highest BCUT2D eigenvalue weighted by Gasteiger charge is 2.57. The average Bonchev–Trinajstić information content (AvgIpc) is 2.77. The molecule has 1 heterocycles. The first kappa shape index (κ1) is 8.94. The number of rotatable bonds is 2. The lowest BCUT2D eigenvalue weighted by Gasteiger charge is -2.11. The standard InChI is InChI=1S/C9H13NO2S/c1-2-12-9(11)7-5-3-4-6(13)10-8(5)7/h5,7-8H,2-4H2,1H3,(H,10,13)/t5-,7-,8-/m0/s1. The topological polar surface area (TPSA) is 38.3 Å². The van der Waals surface area contributed by atoms with Crippen LogP contribution in [0.3, 0.4) is 0 Å². The zero-order chi connectivity index (χ0) is 9.42. The highest BCUT2D eigenvalue weighted by molar-refractivity contribution is 7.80. The Kier molecular flexibility index (Phi) is 2.24. The monoisotopic (exact) mass is 199 g/mol. The van der Waals surface area contributed by atoms with Gasteiger partial charge >= 0.3 is 5.97 Å². The third kappa shape index (κ3) is 1.55. The van der Waals surface area contributed by atoms with E-state index in [2.05, 4.69) is 5.32 Å². The SMILES string of the molecule is CCOC(=O)[C@H]1[C@@H]2CCC(=S)N[C@@H]21. The summed E-state index contributed by atoms with van der Waals surface area (Å²) < 4.78 is 4.97. The van der Waals surface area contributed by atoms with Crippen LogP contribution in [0.4, 0.5) is 0 Å². The van der Waals surface area contributed by atoms with Crippen LogP contribution in [0.15, 0.2) is 0 Å². The van der Waals surface area contributed by atoms with Crippen LogP contribution in [-0.4, -0.2) is 23.6 Å². The molecule has 0 aromatic rings. The van der Waals surface area contributed by atoms with E-state index in [0.29, 0.717) is 12.5 Å². The molecule has 0 radical (unpaired) electrons. The minimum absolute atomic E-state index is 0.0605. The number of ether oxygens (including phenoxy) is 1. The fraction of sp³-hybridized carbons (Fsp3) is 0.778. The molecule has 3 atom stereocenters. The third-order valence-electron chi connectivity index (χ3n) is 2.76. The molecular weight excluding hydrogens is 186 g/mol. The lowest BCUT2D eigenvalue weighted by molar-refractivity contribution is -0.145. The molecule has 1 saturated carbocycles. The van der Waals surface area contributed by atoms with Crippen LogP contribution in [-0.2, 0) is 9.53 Å². The van der Waals surface area contributed by atoms with Gasteiger partial charge in [0.1, 0.15) is 0 Å². The molecule has 13 heavy (non-hydrogen) atoms. The van der Waals surface area contributed by atoms with E-state index in [9.17, 15) is 4.79 Å². The number of esters is 1. The van der Waals surface area contributed by atoms with Gasteiger partial charge in [0.05, 0.1) is 17.5 Å².